The third-order valence-corrected chi connectivity index (χ3v) is 5.44. The molecule has 0 fully saturated rings. The number of benzene rings is 1. The van der Waals surface area contributed by atoms with E-state index in [0.29, 0.717) is 11.7 Å². The van der Waals surface area contributed by atoms with Crippen molar-refractivity contribution < 1.29 is 8.42 Å². The molecule has 0 amide bonds. The van der Waals surface area contributed by atoms with Crippen molar-refractivity contribution in [3.8, 4) is 0 Å². The number of nitrogens with one attached hydrogen (secondary N) is 1. The van der Waals surface area contributed by atoms with Gasteiger partial charge in [0.15, 0.2) is 0 Å². The molecule has 0 heterocycles. The zero-order valence-corrected chi connectivity index (χ0v) is 13.7. The van der Waals surface area contributed by atoms with Crippen molar-refractivity contribution in [1.29, 1.82) is 0 Å². The number of sulfone groups is 1. The van der Waals surface area contributed by atoms with Crippen LogP contribution in [0.25, 0.3) is 0 Å². The molecule has 1 rings (SSSR count). The van der Waals surface area contributed by atoms with E-state index < -0.39 is 9.84 Å². The molecule has 0 spiro atoms. The minimum absolute atomic E-state index is 0.252. The Morgan fingerprint density at radius 1 is 1.20 bits per heavy atom. The largest absolute Gasteiger partial charge is 0.319 e. The maximum Gasteiger partial charge on any atom is 0.150 e. The maximum absolute atomic E-state index is 11.5. The second kappa shape index (κ2) is 8.42. The van der Waals surface area contributed by atoms with E-state index in [9.17, 15) is 8.42 Å². The summed E-state index contributed by atoms with van der Waals surface area (Å²) < 4.78 is 23.0. The van der Waals surface area contributed by atoms with Crippen LogP contribution in [0.2, 0.25) is 0 Å². The van der Waals surface area contributed by atoms with Crippen molar-refractivity contribution >= 4 is 9.84 Å². The van der Waals surface area contributed by atoms with Crippen LogP contribution in [0.3, 0.4) is 0 Å². The summed E-state index contributed by atoms with van der Waals surface area (Å²) in [5.41, 5.74) is 2.60. The Balaban J connectivity index is 2.50. The monoisotopic (exact) mass is 297 g/mol. The molecule has 0 bridgehead atoms. The van der Waals surface area contributed by atoms with Crippen molar-refractivity contribution in [2.24, 2.45) is 5.92 Å². The molecule has 0 aromatic heterocycles. The molecule has 0 aliphatic carbocycles. The van der Waals surface area contributed by atoms with Gasteiger partial charge in [0.2, 0.25) is 0 Å². The van der Waals surface area contributed by atoms with Gasteiger partial charge in [-0.05, 0) is 51.3 Å². The van der Waals surface area contributed by atoms with Gasteiger partial charge in [-0.1, -0.05) is 36.8 Å². The molecule has 0 saturated carbocycles. The van der Waals surface area contributed by atoms with Crippen molar-refractivity contribution in [1.82, 2.24) is 5.32 Å². The first kappa shape index (κ1) is 17.2. The summed E-state index contributed by atoms with van der Waals surface area (Å²) >= 11 is 0. The van der Waals surface area contributed by atoms with Gasteiger partial charge in [0.1, 0.15) is 9.84 Å². The predicted molar refractivity (Wildman–Crippen MR) is 85.9 cm³/mol. The van der Waals surface area contributed by atoms with Gasteiger partial charge in [0.05, 0.1) is 5.75 Å². The fourth-order valence-corrected chi connectivity index (χ4v) is 3.25. The van der Waals surface area contributed by atoms with Crippen LogP contribution in [0.4, 0.5) is 0 Å². The topological polar surface area (TPSA) is 46.2 Å². The first-order chi connectivity index (χ1) is 9.46. The fraction of sp³-hybridized carbons (Fsp3) is 0.625. The van der Waals surface area contributed by atoms with Crippen molar-refractivity contribution in [2.75, 3.05) is 25.1 Å². The Morgan fingerprint density at radius 2 is 1.85 bits per heavy atom. The molecule has 1 aromatic rings. The summed E-state index contributed by atoms with van der Waals surface area (Å²) in [4.78, 5) is 0. The second-order valence-electron chi connectivity index (χ2n) is 5.49. The average molecular weight is 297 g/mol. The lowest BCUT2D eigenvalue weighted by Gasteiger charge is -2.16. The Kier molecular flexibility index (Phi) is 7.24. The van der Waals surface area contributed by atoms with E-state index in [1.165, 1.54) is 11.1 Å². The molecule has 4 heteroatoms. The maximum atomic E-state index is 11.5. The molecule has 1 N–H and O–H groups in total. The number of aryl methyl sites for hydroxylation is 1. The minimum Gasteiger partial charge on any atom is -0.319 e. The van der Waals surface area contributed by atoms with Crippen molar-refractivity contribution in [2.45, 2.75) is 33.1 Å². The van der Waals surface area contributed by atoms with Crippen molar-refractivity contribution in [3.63, 3.8) is 0 Å². The SMILES string of the molecule is CCS(=O)(=O)CCCC(CNC)Cc1ccc(C)cc1. The zero-order chi connectivity index (χ0) is 15.0. The van der Waals surface area contributed by atoms with Gasteiger partial charge >= 0.3 is 0 Å². The average Bonchev–Trinajstić information content (AvgIpc) is 2.41. The van der Waals surface area contributed by atoms with Crippen LogP contribution >= 0.6 is 0 Å². The van der Waals surface area contributed by atoms with Crippen LogP contribution in [0.1, 0.15) is 30.9 Å². The van der Waals surface area contributed by atoms with E-state index in [0.717, 1.165) is 25.8 Å². The third kappa shape index (κ3) is 6.53. The molecule has 114 valence electrons. The Bertz CT molecular complexity index is 480. The predicted octanol–water partition coefficient (Wildman–Crippen LogP) is 2.59. The molecule has 1 atom stereocenters. The number of hydrogen-bond acceptors (Lipinski definition) is 3. The van der Waals surface area contributed by atoms with Crippen LogP contribution in [-0.4, -0.2) is 33.5 Å². The van der Waals surface area contributed by atoms with E-state index in [2.05, 4.69) is 36.5 Å². The smallest absolute Gasteiger partial charge is 0.150 e. The summed E-state index contributed by atoms with van der Waals surface area (Å²) in [6.45, 7) is 4.73. The molecule has 20 heavy (non-hydrogen) atoms. The molecule has 1 unspecified atom stereocenters. The van der Waals surface area contributed by atoms with E-state index in [1.54, 1.807) is 6.92 Å². The van der Waals surface area contributed by atoms with Crippen LogP contribution in [0, 0.1) is 12.8 Å². The normalized spacial score (nSPS) is 13.3. The number of rotatable bonds is 9. The lowest BCUT2D eigenvalue weighted by Crippen LogP contribution is -2.22. The zero-order valence-electron chi connectivity index (χ0n) is 12.9. The fourth-order valence-electron chi connectivity index (χ4n) is 2.36. The quantitative estimate of drug-likeness (QED) is 0.762. The van der Waals surface area contributed by atoms with Crippen LogP contribution in [0.5, 0.6) is 0 Å². The van der Waals surface area contributed by atoms with E-state index in [1.807, 2.05) is 7.05 Å². The van der Waals surface area contributed by atoms with E-state index in [-0.39, 0.29) is 5.75 Å². The minimum atomic E-state index is -2.83. The summed E-state index contributed by atoms with van der Waals surface area (Å²) in [5.74, 6) is 1.06. The summed E-state index contributed by atoms with van der Waals surface area (Å²) in [6, 6.07) is 8.60. The van der Waals surface area contributed by atoms with Gasteiger partial charge in [-0.25, -0.2) is 8.42 Å². The molecule has 0 aliphatic heterocycles. The standard InChI is InChI=1S/C16H27NO2S/c1-4-20(18,19)11-5-6-16(13-17-3)12-15-9-7-14(2)8-10-15/h7-10,16-17H,4-6,11-13H2,1-3H3. The van der Waals surface area contributed by atoms with Crippen LogP contribution < -0.4 is 5.32 Å². The van der Waals surface area contributed by atoms with Gasteiger partial charge in [0, 0.05) is 5.75 Å². The highest BCUT2D eigenvalue weighted by molar-refractivity contribution is 7.91. The first-order valence-electron chi connectivity index (χ1n) is 7.37. The Morgan fingerprint density at radius 3 is 2.40 bits per heavy atom. The van der Waals surface area contributed by atoms with Gasteiger partial charge in [-0.2, -0.15) is 0 Å². The highest BCUT2D eigenvalue weighted by Gasteiger charge is 2.12. The number of hydrogen-bond donors (Lipinski definition) is 1. The highest BCUT2D eigenvalue weighted by atomic mass is 32.2. The second-order valence-corrected chi connectivity index (χ2v) is 7.96. The molecular weight excluding hydrogens is 270 g/mol. The first-order valence-corrected chi connectivity index (χ1v) is 9.19. The van der Waals surface area contributed by atoms with Gasteiger partial charge in [0.25, 0.3) is 0 Å². The van der Waals surface area contributed by atoms with Crippen LogP contribution in [-0.2, 0) is 16.3 Å². The molecular formula is C16H27NO2S. The van der Waals surface area contributed by atoms with Gasteiger partial charge in [-0.15, -0.1) is 0 Å². The van der Waals surface area contributed by atoms with Crippen molar-refractivity contribution in [3.05, 3.63) is 35.4 Å². The van der Waals surface area contributed by atoms with E-state index in [4.69, 9.17) is 0 Å². The summed E-state index contributed by atoms with van der Waals surface area (Å²) in [7, 11) is -0.880. The summed E-state index contributed by atoms with van der Waals surface area (Å²) in [5, 5.41) is 3.21. The Hall–Kier alpha value is -0.870. The summed E-state index contributed by atoms with van der Waals surface area (Å²) in [6.07, 6.45) is 2.72. The van der Waals surface area contributed by atoms with E-state index >= 15 is 0 Å². The lowest BCUT2D eigenvalue weighted by atomic mass is 9.94. The van der Waals surface area contributed by atoms with Gasteiger partial charge < -0.3 is 5.32 Å². The third-order valence-electron chi connectivity index (χ3n) is 3.65. The van der Waals surface area contributed by atoms with Crippen LogP contribution in [0.15, 0.2) is 24.3 Å². The molecule has 1 aromatic carbocycles. The highest BCUT2D eigenvalue weighted by Crippen LogP contribution is 2.15. The lowest BCUT2D eigenvalue weighted by molar-refractivity contribution is 0.455. The Labute approximate surface area is 123 Å². The van der Waals surface area contributed by atoms with Gasteiger partial charge in [-0.3, -0.25) is 0 Å². The molecule has 0 aliphatic rings. The molecule has 0 radical (unpaired) electrons. The molecule has 3 nitrogen and oxygen atoms in total. The molecule has 0 saturated heterocycles.